The van der Waals surface area contributed by atoms with Crippen LogP contribution in [-0.4, -0.2) is 32.1 Å². The lowest BCUT2D eigenvalue weighted by atomic mass is 10.1. The smallest absolute Gasteiger partial charge is 0.265 e. The Morgan fingerprint density at radius 3 is 2.48 bits per heavy atom. The summed E-state index contributed by atoms with van der Waals surface area (Å²) in [5, 5.41) is 5.91. The summed E-state index contributed by atoms with van der Waals surface area (Å²) >= 11 is 1.38. The number of anilines is 1. The summed E-state index contributed by atoms with van der Waals surface area (Å²) in [6, 6.07) is 14.9. The van der Waals surface area contributed by atoms with E-state index in [0.717, 1.165) is 28.8 Å². The van der Waals surface area contributed by atoms with Gasteiger partial charge >= 0.3 is 0 Å². The molecule has 2 aromatic carbocycles. The number of carbonyl (C=O) groups excluding carboxylic acids is 2. The normalized spacial score (nSPS) is 12.9. The van der Waals surface area contributed by atoms with E-state index in [1.165, 1.54) is 11.3 Å². The molecule has 0 saturated heterocycles. The van der Waals surface area contributed by atoms with Crippen molar-refractivity contribution in [1.29, 1.82) is 0 Å². The fraction of sp³-hybridized carbons (Fsp3) is 0.250. The lowest BCUT2D eigenvalue weighted by Crippen LogP contribution is -2.25. The highest BCUT2D eigenvalue weighted by Crippen LogP contribution is 2.37. The third-order valence-corrected chi connectivity index (χ3v) is 6.28. The van der Waals surface area contributed by atoms with Gasteiger partial charge in [-0.3, -0.25) is 9.59 Å². The van der Waals surface area contributed by atoms with Crippen LogP contribution in [0.1, 0.15) is 38.4 Å². The van der Waals surface area contributed by atoms with Crippen LogP contribution < -0.4 is 20.1 Å². The van der Waals surface area contributed by atoms with Crippen molar-refractivity contribution in [3.8, 4) is 21.9 Å². The van der Waals surface area contributed by atoms with E-state index in [-0.39, 0.29) is 17.9 Å². The second-order valence-corrected chi connectivity index (χ2v) is 8.55. The molecule has 0 unspecified atom stereocenters. The number of benzene rings is 2. The first kappa shape index (κ1) is 20.9. The molecule has 2 N–H and O–H groups in total. The molecule has 6 nitrogen and oxygen atoms in total. The van der Waals surface area contributed by atoms with Gasteiger partial charge in [-0.1, -0.05) is 6.07 Å². The zero-order valence-electron chi connectivity index (χ0n) is 17.7. The molecule has 0 spiro atoms. The number of carbonyl (C=O) groups is 2. The van der Waals surface area contributed by atoms with Crippen LogP contribution in [0.2, 0.25) is 0 Å². The van der Waals surface area contributed by atoms with Crippen LogP contribution in [-0.2, 0) is 0 Å². The summed E-state index contributed by atoms with van der Waals surface area (Å²) in [4.78, 5) is 26.7. The zero-order chi connectivity index (χ0) is 22.0. The van der Waals surface area contributed by atoms with E-state index >= 15 is 0 Å². The number of thiophene rings is 1. The maximum Gasteiger partial charge on any atom is 0.265 e. The maximum absolute atomic E-state index is 12.9. The number of hydrogen-bond donors (Lipinski definition) is 2. The minimum atomic E-state index is -0.216. The van der Waals surface area contributed by atoms with Gasteiger partial charge in [-0.05, 0) is 61.7 Å². The van der Waals surface area contributed by atoms with Crippen LogP contribution in [0, 0.1) is 6.92 Å². The highest BCUT2D eigenvalue weighted by molar-refractivity contribution is 7.17. The fourth-order valence-electron chi connectivity index (χ4n) is 3.18. The first-order valence-corrected chi connectivity index (χ1v) is 10.8. The van der Waals surface area contributed by atoms with Crippen LogP contribution in [0.5, 0.6) is 11.5 Å². The third kappa shape index (κ3) is 4.72. The number of methoxy groups -OCH3 is 2. The van der Waals surface area contributed by atoms with Crippen LogP contribution in [0.25, 0.3) is 10.4 Å². The topological polar surface area (TPSA) is 76.7 Å². The molecule has 0 aliphatic heterocycles. The number of nitrogens with one attached hydrogen (secondary N) is 2. The molecule has 1 fully saturated rings. The summed E-state index contributed by atoms with van der Waals surface area (Å²) in [7, 11) is 3.21. The second-order valence-electron chi connectivity index (χ2n) is 7.46. The molecule has 1 aliphatic rings. The molecule has 1 aliphatic carbocycles. The van der Waals surface area contributed by atoms with Crippen LogP contribution in [0.3, 0.4) is 0 Å². The largest absolute Gasteiger partial charge is 0.497 e. The van der Waals surface area contributed by atoms with Crippen LogP contribution in [0.15, 0.2) is 48.5 Å². The molecule has 2 amide bonds. The molecule has 31 heavy (non-hydrogen) atoms. The van der Waals surface area contributed by atoms with E-state index in [9.17, 15) is 9.59 Å². The molecule has 0 atom stereocenters. The molecule has 1 aromatic heterocycles. The molecule has 0 bridgehead atoms. The molecule has 0 radical (unpaired) electrons. The van der Waals surface area contributed by atoms with Crippen molar-refractivity contribution in [2.24, 2.45) is 0 Å². The predicted octanol–water partition coefficient (Wildman–Crippen LogP) is 4.89. The van der Waals surface area contributed by atoms with Crippen molar-refractivity contribution in [3.63, 3.8) is 0 Å². The van der Waals surface area contributed by atoms with Gasteiger partial charge < -0.3 is 20.1 Å². The van der Waals surface area contributed by atoms with Gasteiger partial charge in [-0.15, -0.1) is 11.3 Å². The molecule has 160 valence electrons. The van der Waals surface area contributed by atoms with Crippen LogP contribution in [0.4, 0.5) is 5.69 Å². The van der Waals surface area contributed by atoms with Crippen LogP contribution >= 0.6 is 11.3 Å². The fourth-order valence-corrected chi connectivity index (χ4v) is 4.12. The predicted molar refractivity (Wildman–Crippen MR) is 122 cm³/mol. The first-order chi connectivity index (χ1) is 15.0. The third-order valence-electron chi connectivity index (χ3n) is 5.16. The summed E-state index contributed by atoms with van der Waals surface area (Å²) in [5.74, 6) is 1.06. The van der Waals surface area contributed by atoms with Gasteiger partial charge in [0.25, 0.3) is 11.8 Å². The van der Waals surface area contributed by atoms with E-state index in [0.29, 0.717) is 27.6 Å². The van der Waals surface area contributed by atoms with Crippen molar-refractivity contribution in [2.45, 2.75) is 25.8 Å². The Hall–Kier alpha value is -3.32. The van der Waals surface area contributed by atoms with Gasteiger partial charge in [-0.25, -0.2) is 0 Å². The molecule has 4 rings (SSSR count). The average Bonchev–Trinajstić information content (AvgIpc) is 3.45. The molecular weight excluding hydrogens is 412 g/mol. The second kappa shape index (κ2) is 8.81. The highest BCUT2D eigenvalue weighted by atomic mass is 32.1. The number of aryl methyl sites for hydroxylation is 1. The van der Waals surface area contributed by atoms with Gasteiger partial charge in [0.05, 0.1) is 19.1 Å². The van der Waals surface area contributed by atoms with Gasteiger partial charge in [0.1, 0.15) is 11.5 Å². The number of amides is 2. The average molecular weight is 437 g/mol. The quantitative estimate of drug-likeness (QED) is 0.553. The zero-order valence-corrected chi connectivity index (χ0v) is 18.5. The van der Waals surface area contributed by atoms with Crippen molar-refractivity contribution >= 4 is 28.8 Å². The van der Waals surface area contributed by atoms with E-state index in [4.69, 9.17) is 9.47 Å². The van der Waals surface area contributed by atoms with E-state index in [1.807, 2.05) is 37.3 Å². The van der Waals surface area contributed by atoms with Crippen molar-refractivity contribution in [1.82, 2.24) is 5.32 Å². The van der Waals surface area contributed by atoms with Crippen molar-refractivity contribution in [2.75, 3.05) is 19.5 Å². The summed E-state index contributed by atoms with van der Waals surface area (Å²) in [6.45, 7) is 1.90. The summed E-state index contributed by atoms with van der Waals surface area (Å²) in [5.41, 5.74) is 2.96. The Morgan fingerprint density at radius 2 is 1.77 bits per heavy atom. The SMILES string of the molecule is COc1ccc(-c2ccc(C(=O)Nc3cc(C(=O)NC4CC4)ccc3C)s2)c(OC)c1. The van der Waals surface area contributed by atoms with E-state index in [1.54, 1.807) is 32.4 Å². The van der Waals surface area contributed by atoms with Gasteiger partial charge in [0.2, 0.25) is 0 Å². The summed E-state index contributed by atoms with van der Waals surface area (Å²) in [6.07, 6.45) is 2.06. The van der Waals surface area contributed by atoms with Gasteiger partial charge in [0.15, 0.2) is 0 Å². The number of hydrogen-bond acceptors (Lipinski definition) is 5. The molecule has 1 heterocycles. The first-order valence-electron chi connectivity index (χ1n) is 10.0. The Bertz CT molecular complexity index is 1130. The minimum Gasteiger partial charge on any atom is -0.497 e. The molecular formula is C24H24N2O4S. The Balaban J connectivity index is 1.53. The monoisotopic (exact) mass is 436 g/mol. The van der Waals surface area contributed by atoms with Gasteiger partial charge in [-0.2, -0.15) is 0 Å². The highest BCUT2D eigenvalue weighted by Gasteiger charge is 2.24. The van der Waals surface area contributed by atoms with Crippen molar-refractivity contribution in [3.05, 3.63) is 64.5 Å². The van der Waals surface area contributed by atoms with E-state index in [2.05, 4.69) is 10.6 Å². The molecule has 1 saturated carbocycles. The standard InChI is InChI=1S/C24H24N2O4S/c1-14-4-5-15(23(27)25-16-6-7-16)12-19(14)26-24(28)22-11-10-21(31-22)18-9-8-17(29-2)13-20(18)30-3/h4-5,8-13,16H,6-7H2,1-3H3,(H,25,27)(H,26,28). The maximum atomic E-state index is 12.9. The Kier molecular flexibility index (Phi) is 5.95. The summed E-state index contributed by atoms with van der Waals surface area (Å²) < 4.78 is 10.7. The Labute approximate surface area is 185 Å². The lowest BCUT2D eigenvalue weighted by molar-refractivity contribution is 0.0949. The lowest BCUT2D eigenvalue weighted by Gasteiger charge is -2.10. The van der Waals surface area contributed by atoms with Crippen molar-refractivity contribution < 1.29 is 19.1 Å². The molecule has 3 aromatic rings. The number of rotatable bonds is 7. The molecule has 7 heteroatoms. The minimum absolute atomic E-state index is 0.108. The number of ether oxygens (including phenoxy) is 2. The van der Waals surface area contributed by atoms with Gasteiger partial charge in [0, 0.05) is 33.8 Å². The Morgan fingerprint density at radius 1 is 0.968 bits per heavy atom. The van der Waals surface area contributed by atoms with E-state index < -0.39 is 0 Å².